The topological polar surface area (TPSA) is 83.7 Å². The Morgan fingerprint density at radius 2 is 1.68 bits per heavy atom. The maximum absolute atomic E-state index is 12.7. The molecule has 6 heteroatoms. The number of hydrogen-bond acceptors (Lipinski definition) is 3. The summed E-state index contributed by atoms with van der Waals surface area (Å²) in [7, 11) is 0. The molecule has 6 nitrogen and oxygen atoms in total. The monoisotopic (exact) mass is 387 g/mol. The second-order valence-electron chi connectivity index (χ2n) is 7.42. The molecule has 2 N–H and O–H groups in total. The van der Waals surface area contributed by atoms with E-state index in [1.165, 1.54) is 6.42 Å². The lowest BCUT2D eigenvalue weighted by Crippen LogP contribution is -2.26. The van der Waals surface area contributed by atoms with E-state index in [0.29, 0.717) is 12.2 Å². The molecule has 2 aromatic heterocycles. The van der Waals surface area contributed by atoms with Crippen LogP contribution in [0.4, 0.5) is 0 Å². The average molecular weight is 388 g/mol. The second-order valence-corrected chi connectivity index (χ2v) is 7.42. The minimum atomic E-state index is -0.702. The van der Waals surface area contributed by atoms with E-state index in [4.69, 9.17) is 5.11 Å². The predicted octanol–water partition coefficient (Wildman–Crippen LogP) is 4.53. The summed E-state index contributed by atoms with van der Waals surface area (Å²) in [6.45, 7) is 4.71. The van der Waals surface area contributed by atoms with Crippen LogP contribution in [0.2, 0.25) is 0 Å². The molecule has 0 saturated carbocycles. The summed E-state index contributed by atoms with van der Waals surface area (Å²) < 4.78 is 1.90. The minimum Gasteiger partial charge on any atom is -0.481 e. The molecule has 28 heavy (non-hydrogen) atoms. The third-order valence-corrected chi connectivity index (χ3v) is 4.99. The van der Waals surface area contributed by atoms with Crippen molar-refractivity contribution in [2.75, 3.05) is 6.54 Å². The summed E-state index contributed by atoms with van der Waals surface area (Å²) in [5, 5.41) is 11.6. The number of carbonyl (C=O) groups excluding carboxylic acids is 1. The van der Waals surface area contributed by atoms with Gasteiger partial charge in [0.2, 0.25) is 0 Å². The molecule has 0 bridgehead atoms. The van der Waals surface area contributed by atoms with Gasteiger partial charge in [-0.25, -0.2) is 4.98 Å². The Morgan fingerprint density at radius 1 is 1.04 bits per heavy atom. The number of pyridine rings is 1. The van der Waals surface area contributed by atoms with Crippen molar-refractivity contribution in [2.24, 2.45) is 0 Å². The molecular weight excluding hydrogens is 354 g/mol. The van der Waals surface area contributed by atoms with E-state index < -0.39 is 5.97 Å². The van der Waals surface area contributed by atoms with Crippen molar-refractivity contribution < 1.29 is 14.7 Å². The van der Waals surface area contributed by atoms with Gasteiger partial charge in [0.25, 0.3) is 5.91 Å². The number of imidazole rings is 1. The zero-order valence-electron chi connectivity index (χ0n) is 17.2. The van der Waals surface area contributed by atoms with E-state index in [2.05, 4.69) is 10.3 Å². The number of aryl methyl sites for hydroxylation is 2. The first-order valence-corrected chi connectivity index (χ1v) is 10.5. The van der Waals surface area contributed by atoms with E-state index in [9.17, 15) is 9.59 Å². The molecule has 0 spiro atoms. The van der Waals surface area contributed by atoms with Gasteiger partial charge in [0.05, 0.1) is 5.69 Å². The molecule has 2 heterocycles. The number of unbranched alkanes of at least 4 members (excludes halogenated alkanes) is 7. The second kappa shape index (κ2) is 11.5. The fourth-order valence-electron chi connectivity index (χ4n) is 3.43. The maximum Gasteiger partial charge on any atom is 0.303 e. The maximum atomic E-state index is 12.7. The lowest BCUT2D eigenvalue weighted by Gasteiger charge is -2.07. The average Bonchev–Trinajstić information content (AvgIpc) is 3.03. The van der Waals surface area contributed by atoms with Gasteiger partial charge in [0, 0.05) is 19.2 Å². The number of nitrogens with one attached hydrogen (secondary N) is 1. The molecule has 0 aliphatic heterocycles. The SMILES string of the molecule is CCc1nc2ccc(C)cn2c1C(=O)NCCCCCCCCCCC(=O)O. The predicted molar refractivity (Wildman–Crippen MR) is 111 cm³/mol. The van der Waals surface area contributed by atoms with Gasteiger partial charge in [-0.15, -0.1) is 0 Å². The van der Waals surface area contributed by atoms with Crippen LogP contribution in [0.5, 0.6) is 0 Å². The molecular formula is C22H33N3O3. The normalized spacial score (nSPS) is 11.1. The van der Waals surface area contributed by atoms with Crippen LogP contribution in [0.3, 0.4) is 0 Å². The van der Waals surface area contributed by atoms with E-state index in [0.717, 1.165) is 68.3 Å². The first-order valence-electron chi connectivity index (χ1n) is 10.5. The number of rotatable bonds is 13. The van der Waals surface area contributed by atoms with Crippen LogP contribution in [-0.4, -0.2) is 32.9 Å². The molecule has 0 unspecified atom stereocenters. The highest BCUT2D eigenvalue weighted by atomic mass is 16.4. The number of fused-ring (bicyclic) bond motifs is 1. The van der Waals surface area contributed by atoms with Crippen molar-refractivity contribution in [3.05, 3.63) is 35.3 Å². The smallest absolute Gasteiger partial charge is 0.303 e. The van der Waals surface area contributed by atoms with E-state index >= 15 is 0 Å². The highest BCUT2D eigenvalue weighted by Crippen LogP contribution is 2.15. The van der Waals surface area contributed by atoms with Crippen LogP contribution >= 0.6 is 0 Å². The highest BCUT2D eigenvalue weighted by molar-refractivity contribution is 5.94. The van der Waals surface area contributed by atoms with Gasteiger partial charge >= 0.3 is 5.97 Å². The quantitative estimate of drug-likeness (QED) is 0.495. The van der Waals surface area contributed by atoms with Gasteiger partial charge in [-0.2, -0.15) is 0 Å². The minimum absolute atomic E-state index is 0.0478. The molecule has 0 fully saturated rings. The van der Waals surface area contributed by atoms with E-state index in [1.54, 1.807) is 0 Å². The number of aliphatic carboxylic acids is 1. The van der Waals surface area contributed by atoms with Crippen LogP contribution in [-0.2, 0) is 11.2 Å². The fraction of sp³-hybridized carbons (Fsp3) is 0.591. The Labute approximate surface area is 167 Å². The number of hydrogen-bond donors (Lipinski definition) is 2. The molecule has 0 aliphatic carbocycles. The molecule has 0 aromatic carbocycles. The molecule has 0 aliphatic rings. The summed E-state index contributed by atoms with van der Waals surface area (Å²) in [6, 6.07) is 3.96. The van der Waals surface area contributed by atoms with Crippen molar-refractivity contribution in [3.8, 4) is 0 Å². The van der Waals surface area contributed by atoms with Crippen LogP contribution in [0.1, 0.15) is 86.5 Å². The molecule has 2 rings (SSSR count). The zero-order valence-corrected chi connectivity index (χ0v) is 17.2. The Morgan fingerprint density at radius 3 is 2.32 bits per heavy atom. The largest absolute Gasteiger partial charge is 0.481 e. The molecule has 0 saturated heterocycles. The van der Waals surface area contributed by atoms with E-state index in [-0.39, 0.29) is 12.3 Å². The van der Waals surface area contributed by atoms with Crippen molar-refractivity contribution in [1.29, 1.82) is 0 Å². The van der Waals surface area contributed by atoms with Crippen molar-refractivity contribution >= 4 is 17.5 Å². The van der Waals surface area contributed by atoms with Gasteiger partial charge in [-0.3, -0.25) is 14.0 Å². The number of carbonyl (C=O) groups is 2. The molecule has 1 amide bonds. The van der Waals surface area contributed by atoms with Gasteiger partial charge in [-0.05, 0) is 37.8 Å². The molecule has 154 valence electrons. The highest BCUT2D eigenvalue weighted by Gasteiger charge is 2.17. The number of nitrogens with zero attached hydrogens (tertiary/aromatic N) is 2. The lowest BCUT2D eigenvalue weighted by atomic mass is 10.1. The fourth-order valence-corrected chi connectivity index (χ4v) is 3.43. The lowest BCUT2D eigenvalue weighted by molar-refractivity contribution is -0.137. The van der Waals surface area contributed by atoms with Gasteiger partial charge in [0.15, 0.2) is 0 Å². The van der Waals surface area contributed by atoms with Gasteiger partial charge in [-0.1, -0.05) is 51.5 Å². The number of carboxylic acid groups (broad SMARTS) is 1. The third kappa shape index (κ3) is 6.66. The number of amides is 1. The summed E-state index contributed by atoms with van der Waals surface area (Å²) in [5.41, 5.74) is 3.41. The first-order chi connectivity index (χ1) is 13.5. The summed E-state index contributed by atoms with van der Waals surface area (Å²) in [5.74, 6) is -0.749. The molecule has 0 radical (unpaired) electrons. The Bertz CT molecular complexity index is 783. The van der Waals surface area contributed by atoms with Crippen molar-refractivity contribution in [2.45, 2.75) is 78.1 Å². The van der Waals surface area contributed by atoms with Crippen molar-refractivity contribution in [1.82, 2.24) is 14.7 Å². The van der Waals surface area contributed by atoms with E-state index in [1.807, 2.05) is 36.6 Å². The summed E-state index contributed by atoms with van der Waals surface area (Å²) >= 11 is 0. The van der Waals surface area contributed by atoms with Crippen LogP contribution < -0.4 is 5.32 Å². The van der Waals surface area contributed by atoms with Crippen molar-refractivity contribution in [3.63, 3.8) is 0 Å². The van der Waals surface area contributed by atoms with Crippen LogP contribution in [0, 0.1) is 6.92 Å². The molecule has 2 aromatic rings. The first kappa shape index (κ1) is 21.9. The Balaban J connectivity index is 1.66. The van der Waals surface area contributed by atoms with Crippen LogP contribution in [0.25, 0.3) is 5.65 Å². The van der Waals surface area contributed by atoms with Gasteiger partial charge < -0.3 is 10.4 Å². The zero-order chi connectivity index (χ0) is 20.4. The molecule has 0 atom stereocenters. The standard InChI is InChI=1S/C22H33N3O3/c1-3-18-21(25-16-17(2)13-14-19(25)24-18)22(28)23-15-11-9-7-5-4-6-8-10-12-20(26)27/h13-14,16H,3-12,15H2,1-2H3,(H,23,28)(H,26,27). The number of aromatic nitrogens is 2. The Hall–Kier alpha value is -2.37. The van der Waals surface area contributed by atoms with Crippen LogP contribution in [0.15, 0.2) is 18.3 Å². The summed E-state index contributed by atoms with van der Waals surface area (Å²) in [4.78, 5) is 27.7. The number of carboxylic acids is 1. The Kier molecular flexibility index (Phi) is 8.98. The van der Waals surface area contributed by atoms with Gasteiger partial charge in [0.1, 0.15) is 11.3 Å². The third-order valence-electron chi connectivity index (χ3n) is 4.99. The summed E-state index contributed by atoms with van der Waals surface area (Å²) in [6.07, 6.45) is 11.4.